The molecule has 5 atom stereocenters. The van der Waals surface area contributed by atoms with Gasteiger partial charge in [-0.1, -0.05) is 413 Å². The molecule has 0 aliphatic heterocycles. The van der Waals surface area contributed by atoms with Crippen molar-refractivity contribution in [2.45, 2.75) is 483 Å². The number of carbonyl (C=O) groups excluding carboxylic acids is 4. The molecule has 17 nitrogen and oxygen atoms in total. The fraction of sp³-hybridized carbons (Fsp3) is 0.953. The van der Waals surface area contributed by atoms with Crippen molar-refractivity contribution in [2.24, 2.45) is 5.92 Å². The SMILES string of the molecule is CCCCCCCCCCCCCCCCCCCC(=O)OC[C@H](COP(=O)(O)OC[C@@H](O)COP(=O)(O)OC[C@@H](COC(=O)CCCCCCCCCCCCC)OC(=O)CCCCCCCCCCCCCCCCCC)OC(=O)CCCCCCCCCCCCCCCCCCCCC(C)C. The average molecular weight is 1540 g/mol. The number of esters is 4. The van der Waals surface area contributed by atoms with E-state index in [2.05, 4.69) is 34.6 Å². The lowest BCUT2D eigenvalue weighted by atomic mass is 10.0. The summed E-state index contributed by atoms with van der Waals surface area (Å²) in [4.78, 5) is 73.2. The topological polar surface area (TPSA) is 237 Å². The smallest absolute Gasteiger partial charge is 0.462 e. The number of rotatable bonds is 86. The summed E-state index contributed by atoms with van der Waals surface area (Å²) in [6.45, 7) is 7.41. The Balaban J connectivity index is 5.23. The molecule has 0 fully saturated rings. The van der Waals surface area contributed by atoms with E-state index in [-0.39, 0.29) is 25.7 Å². The van der Waals surface area contributed by atoms with E-state index in [9.17, 15) is 43.2 Å². The van der Waals surface area contributed by atoms with Crippen molar-refractivity contribution >= 4 is 39.5 Å². The Labute approximate surface area is 645 Å². The van der Waals surface area contributed by atoms with Gasteiger partial charge in [0.15, 0.2) is 12.2 Å². The minimum atomic E-state index is -4.97. The number of ether oxygens (including phenoxy) is 4. The van der Waals surface area contributed by atoms with Crippen LogP contribution in [0.15, 0.2) is 0 Å². The summed E-state index contributed by atoms with van der Waals surface area (Å²) in [5.74, 6) is -1.28. The second kappa shape index (κ2) is 78.7. The third-order valence-corrected chi connectivity index (χ3v) is 22.2. The third kappa shape index (κ3) is 79.9. The Kier molecular flexibility index (Phi) is 77.3. The van der Waals surface area contributed by atoms with Crippen molar-refractivity contribution in [3.63, 3.8) is 0 Å². The van der Waals surface area contributed by atoms with Gasteiger partial charge in [0, 0.05) is 25.7 Å². The zero-order valence-corrected chi connectivity index (χ0v) is 70.7. The van der Waals surface area contributed by atoms with Gasteiger partial charge in [-0.2, -0.15) is 0 Å². The van der Waals surface area contributed by atoms with E-state index in [0.717, 1.165) is 95.8 Å². The van der Waals surface area contributed by atoms with Gasteiger partial charge < -0.3 is 33.8 Å². The Morgan fingerprint density at radius 3 is 0.648 bits per heavy atom. The van der Waals surface area contributed by atoms with Gasteiger partial charge in [-0.15, -0.1) is 0 Å². The molecule has 0 amide bonds. The predicted molar refractivity (Wildman–Crippen MR) is 432 cm³/mol. The predicted octanol–water partition coefficient (Wildman–Crippen LogP) is 26.4. The highest BCUT2D eigenvalue weighted by Gasteiger charge is 2.30. The van der Waals surface area contributed by atoms with E-state index < -0.39 is 97.5 Å². The highest BCUT2D eigenvalue weighted by atomic mass is 31.2. The van der Waals surface area contributed by atoms with Crippen LogP contribution < -0.4 is 0 Å². The van der Waals surface area contributed by atoms with Gasteiger partial charge >= 0.3 is 39.5 Å². The van der Waals surface area contributed by atoms with Crippen molar-refractivity contribution in [2.75, 3.05) is 39.6 Å². The summed E-state index contributed by atoms with van der Waals surface area (Å²) < 4.78 is 68.9. The van der Waals surface area contributed by atoms with Crippen molar-refractivity contribution in [3.05, 3.63) is 0 Å². The zero-order valence-electron chi connectivity index (χ0n) is 68.9. The first-order valence-corrected chi connectivity index (χ1v) is 47.6. The van der Waals surface area contributed by atoms with E-state index in [1.807, 2.05) is 0 Å². The largest absolute Gasteiger partial charge is 0.472 e. The van der Waals surface area contributed by atoms with Crippen LogP contribution in [0.3, 0.4) is 0 Å². The number of phosphoric ester groups is 2. The molecule has 0 saturated heterocycles. The van der Waals surface area contributed by atoms with E-state index in [1.54, 1.807) is 0 Å². The molecular weight excluding hydrogens is 1370 g/mol. The minimum Gasteiger partial charge on any atom is -0.462 e. The lowest BCUT2D eigenvalue weighted by Gasteiger charge is -2.21. The Hall–Kier alpha value is -1.94. The second-order valence-corrected chi connectivity index (χ2v) is 34.3. The number of phosphoric acid groups is 2. The van der Waals surface area contributed by atoms with Crippen LogP contribution in [-0.4, -0.2) is 96.7 Å². The zero-order chi connectivity index (χ0) is 76.9. The molecule has 0 heterocycles. The molecule has 0 rings (SSSR count). The molecule has 2 unspecified atom stereocenters. The number of carbonyl (C=O) groups is 4. The Morgan fingerprint density at radius 2 is 0.438 bits per heavy atom. The van der Waals surface area contributed by atoms with Gasteiger partial charge in [-0.25, -0.2) is 9.13 Å². The van der Waals surface area contributed by atoms with Crippen molar-refractivity contribution in [1.82, 2.24) is 0 Å². The van der Waals surface area contributed by atoms with Crippen LogP contribution >= 0.6 is 15.6 Å². The molecule has 0 aromatic rings. The molecule has 19 heteroatoms. The first-order valence-electron chi connectivity index (χ1n) is 44.6. The van der Waals surface area contributed by atoms with Gasteiger partial charge in [0.25, 0.3) is 0 Å². The lowest BCUT2D eigenvalue weighted by molar-refractivity contribution is -0.161. The molecule has 3 N–H and O–H groups in total. The number of aliphatic hydroxyl groups is 1. The van der Waals surface area contributed by atoms with Crippen LogP contribution in [-0.2, 0) is 65.4 Å². The van der Waals surface area contributed by atoms with Crippen LogP contribution in [0.5, 0.6) is 0 Å². The maximum atomic E-state index is 13.1. The van der Waals surface area contributed by atoms with E-state index in [4.69, 9.17) is 37.0 Å². The number of unbranched alkanes of at least 4 members (excludes halogenated alkanes) is 58. The Bertz CT molecular complexity index is 2000. The minimum absolute atomic E-state index is 0.109. The molecule has 624 valence electrons. The molecule has 0 aromatic heterocycles. The Morgan fingerprint density at radius 1 is 0.257 bits per heavy atom. The number of aliphatic hydroxyl groups excluding tert-OH is 1. The summed E-state index contributed by atoms with van der Waals surface area (Å²) in [5, 5.41) is 10.7. The normalized spacial score (nSPS) is 13.8. The molecule has 105 heavy (non-hydrogen) atoms. The maximum absolute atomic E-state index is 13.1. The molecule has 0 spiro atoms. The molecule has 0 saturated carbocycles. The third-order valence-electron chi connectivity index (χ3n) is 20.3. The van der Waals surface area contributed by atoms with Crippen LogP contribution in [0.25, 0.3) is 0 Å². The first kappa shape index (κ1) is 103. The number of hydrogen-bond donors (Lipinski definition) is 3. The van der Waals surface area contributed by atoms with Crippen molar-refractivity contribution in [1.29, 1.82) is 0 Å². The summed E-state index contributed by atoms with van der Waals surface area (Å²) >= 11 is 0. The van der Waals surface area contributed by atoms with Gasteiger partial charge in [0.1, 0.15) is 19.3 Å². The number of hydrogen-bond acceptors (Lipinski definition) is 15. The van der Waals surface area contributed by atoms with Crippen LogP contribution in [0.1, 0.15) is 465 Å². The van der Waals surface area contributed by atoms with Gasteiger partial charge in [-0.3, -0.25) is 37.3 Å². The average Bonchev–Trinajstić information content (AvgIpc) is 0.909. The fourth-order valence-corrected chi connectivity index (χ4v) is 15.1. The molecule has 0 aliphatic rings. The summed E-state index contributed by atoms with van der Waals surface area (Å²) in [5.41, 5.74) is 0. The summed E-state index contributed by atoms with van der Waals surface area (Å²) in [6, 6.07) is 0. The maximum Gasteiger partial charge on any atom is 0.472 e. The fourth-order valence-electron chi connectivity index (χ4n) is 13.5. The molecule has 0 bridgehead atoms. The quantitative estimate of drug-likeness (QED) is 0.0222. The van der Waals surface area contributed by atoms with Crippen LogP contribution in [0.2, 0.25) is 0 Å². The van der Waals surface area contributed by atoms with E-state index >= 15 is 0 Å². The van der Waals surface area contributed by atoms with Gasteiger partial charge in [0.05, 0.1) is 26.4 Å². The summed E-state index contributed by atoms with van der Waals surface area (Å²) in [6.07, 6.45) is 72.1. The van der Waals surface area contributed by atoms with Gasteiger partial charge in [-0.05, 0) is 31.6 Å². The summed E-state index contributed by atoms with van der Waals surface area (Å²) in [7, 11) is -9.93. The molecule has 0 radical (unpaired) electrons. The lowest BCUT2D eigenvalue weighted by Crippen LogP contribution is -2.30. The monoisotopic (exact) mass is 1540 g/mol. The standard InChI is InChI=1S/C86H168O17P2/c1-6-9-12-15-18-21-24-26-28-32-37-40-45-50-55-60-65-70-84(89)97-76-82(103-86(91)72-67-62-57-52-47-42-38-34-31-30-33-35-39-44-48-53-58-63-68-79(4)5)78-101-105(94,95)99-74-80(87)73-98-104(92,93)100-77-81(75-96-83(88)69-64-59-54-49-43-23-20-17-14-11-8-3)102-85(90)71-66-61-56-51-46-41-36-29-27-25-22-19-16-13-10-7-2/h79-82,87H,6-78H2,1-5H3,(H,92,93)(H,94,95)/t80-,81+,82+/m0/s1. The van der Waals surface area contributed by atoms with Gasteiger partial charge in [0.2, 0.25) is 0 Å². The van der Waals surface area contributed by atoms with Crippen molar-refractivity contribution in [3.8, 4) is 0 Å². The van der Waals surface area contributed by atoms with Crippen LogP contribution in [0.4, 0.5) is 0 Å². The highest BCUT2D eigenvalue weighted by molar-refractivity contribution is 7.47. The van der Waals surface area contributed by atoms with Crippen LogP contribution in [0, 0.1) is 5.92 Å². The highest BCUT2D eigenvalue weighted by Crippen LogP contribution is 2.45. The van der Waals surface area contributed by atoms with Crippen molar-refractivity contribution < 1.29 is 80.2 Å². The second-order valence-electron chi connectivity index (χ2n) is 31.4. The molecule has 0 aliphatic carbocycles. The van der Waals surface area contributed by atoms with E-state index in [1.165, 1.54) is 289 Å². The molecular formula is C86H168O17P2. The van der Waals surface area contributed by atoms with E-state index in [0.29, 0.717) is 25.7 Å². The first-order chi connectivity index (χ1) is 51.0. The molecule has 0 aromatic carbocycles.